The minimum absolute atomic E-state index is 0.107. The van der Waals surface area contributed by atoms with E-state index < -0.39 is 97.5 Å². The van der Waals surface area contributed by atoms with Crippen molar-refractivity contribution in [3.63, 3.8) is 0 Å². The molecule has 0 aliphatic rings. The van der Waals surface area contributed by atoms with Gasteiger partial charge in [-0.1, -0.05) is 349 Å². The van der Waals surface area contributed by atoms with Gasteiger partial charge in [0.25, 0.3) is 0 Å². The van der Waals surface area contributed by atoms with Crippen LogP contribution in [-0.4, -0.2) is 96.7 Å². The monoisotopic (exact) mass is 1400 g/mol. The summed E-state index contributed by atoms with van der Waals surface area (Å²) in [7, 11) is -9.90. The summed E-state index contributed by atoms with van der Waals surface area (Å²) < 4.78 is 68.4. The van der Waals surface area contributed by atoms with Crippen LogP contribution in [0.1, 0.15) is 401 Å². The van der Waals surface area contributed by atoms with Gasteiger partial charge in [-0.05, 0) is 31.6 Å². The van der Waals surface area contributed by atoms with E-state index in [1.807, 2.05) is 0 Å². The van der Waals surface area contributed by atoms with Crippen LogP contribution in [0.5, 0.6) is 0 Å². The molecule has 0 aromatic carbocycles. The quantitative estimate of drug-likeness (QED) is 0.0222. The fourth-order valence-electron chi connectivity index (χ4n) is 11.7. The van der Waals surface area contributed by atoms with E-state index in [9.17, 15) is 43.2 Å². The van der Waals surface area contributed by atoms with Gasteiger partial charge in [0.1, 0.15) is 19.3 Å². The molecule has 0 fully saturated rings. The van der Waals surface area contributed by atoms with Crippen LogP contribution < -0.4 is 0 Å². The highest BCUT2D eigenvalue weighted by Crippen LogP contribution is 2.45. The Hall–Kier alpha value is -1.94. The van der Waals surface area contributed by atoms with E-state index in [-0.39, 0.29) is 25.7 Å². The fourth-order valence-corrected chi connectivity index (χ4v) is 13.3. The molecule has 3 N–H and O–H groups in total. The molecule has 95 heavy (non-hydrogen) atoms. The number of hydrogen-bond acceptors (Lipinski definition) is 15. The number of ether oxygens (including phenoxy) is 4. The number of hydrogen-bond donors (Lipinski definition) is 3. The fraction of sp³-hybridized carbons (Fsp3) is 0.947. The van der Waals surface area contributed by atoms with Crippen LogP contribution in [0.25, 0.3) is 0 Å². The van der Waals surface area contributed by atoms with E-state index in [1.54, 1.807) is 0 Å². The second-order valence-electron chi connectivity index (χ2n) is 27.6. The Kier molecular flexibility index (Phi) is 67.7. The number of rotatable bonds is 76. The number of phosphoric ester groups is 2. The Labute approximate surface area is 581 Å². The largest absolute Gasteiger partial charge is 0.472 e. The molecule has 564 valence electrons. The molecule has 0 aromatic rings. The molecule has 19 heteroatoms. The van der Waals surface area contributed by atoms with Crippen LogP contribution in [0, 0.1) is 5.92 Å². The van der Waals surface area contributed by atoms with Crippen LogP contribution in [0.15, 0.2) is 0 Å². The third-order valence-corrected chi connectivity index (χ3v) is 20.0. The molecule has 0 saturated heterocycles. The highest BCUT2D eigenvalue weighted by Gasteiger charge is 2.30. The Morgan fingerprint density at radius 1 is 0.295 bits per heavy atom. The zero-order chi connectivity index (χ0) is 69.8. The number of carbonyl (C=O) groups is 4. The van der Waals surface area contributed by atoms with Crippen molar-refractivity contribution in [3.8, 4) is 0 Å². The van der Waals surface area contributed by atoms with Gasteiger partial charge in [0.2, 0.25) is 0 Å². The summed E-state index contributed by atoms with van der Waals surface area (Å²) in [5.74, 6) is -1.27. The minimum Gasteiger partial charge on any atom is -0.462 e. The van der Waals surface area contributed by atoms with Crippen LogP contribution in [-0.2, 0) is 65.4 Å². The van der Waals surface area contributed by atoms with E-state index in [0.717, 1.165) is 102 Å². The Bertz CT molecular complexity index is 1820. The Morgan fingerprint density at radius 2 is 0.505 bits per heavy atom. The first-order chi connectivity index (χ1) is 46.1. The number of unbranched alkanes of at least 4 members (excludes halogenated alkanes) is 47. The molecule has 0 rings (SSSR count). The first kappa shape index (κ1) is 93.1. The van der Waals surface area contributed by atoms with Crippen molar-refractivity contribution in [1.82, 2.24) is 0 Å². The van der Waals surface area contributed by atoms with Gasteiger partial charge in [-0.15, -0.1) is 0 Å². The summed E-state index contributed by atoms with van der Waals surface area (Å²) in [6, 6.07) is 0. The maximum absolute atomic E-state index is 13.1. The predicted molar refractivity (Wildman–Crippen MR) is 386 cm³/mol. The first-order valence-electron chi connectivity index (χ1n) is 39.7. The van der Waals surface area contributed by atoms with Gasteiger partial charge in [0, 0.05) is 25.7 Å². The van der Waals surface area contributed by atoms with E-state index in [1.165, 1.54) is 218 Å². The van der Waals surface area contributed by atoms with E-state index >= 15 is 0 Å². The summed E-state index contributed by atoms with van der Waals surface area (Å²) in [4.78, 5) is 72.7. The van der Waals surface area contributed by atoms with Gasteiger partial charge in [-0.3, -0.25) is 37.3 Å². The second kappa shape index (κ2) is 69.2. The number of aliphatic hydroxyl groups is 1. The van der Waals surface area contributed by atoms with Crippen molar-refractivity contribution in [3.05, 3.63) is 0 Å². The van der Waals surface area contributed by atoms with Crippen molar-refractivity contribution >= 4 is 39.5 Å². The lowest BCUT2D eigenvalue weighted by Crippen LogP contribution is -2.30. The van der Waals surface area contributed by atoms with E-state index in [4.69, 9.17) is 37.0 Å². The lowest BCUT2D eigenvalue weighted by Gasteiger charge is -2.21. The van der Waals surface area contributed by atoms with Crippen molar-refractivity contribution in [2.45, 2.75) is 419 Å². The standard InChI is InChI=1S/C76H148O17P2/c1-6-10-13-16-19-22-24-25-26-27-28-29-33-37-40-45-50-55-60-74(79)87-66-72(93-76(81)62-57-52-47-42-38-34-31-30-32-36-39-43-48-53-58-69(5)9-4)68-91-95(84,85)89-64-70(77)63-88-94(82,83)90-67-71(65-86-73(78)59-54-49-44-21-18-15-12-8-3)92-75(80)61-56-51-46-41-35-23-20-17-14-11-7-2/h69-72,77H,6-68H2,1-5H3,(H,82,83)(H,84,85)/t69?,70-,71+,72+/m0/s1. The SMILES string of the molecule is CCCCCCCCCCCCCCCCCCCCC(=O)OC[C@H](COP(=O)(O)OC[C@@H](O)COP(=O)(O)OC[C@@H](COC(=O)CCCCCCCCCC)OC(=O)CCCCCCCCCCCCC)OC(=O)CCCCCCCCCCCCCCCCC(C)CC. The maximum Gasteiger partial charge on any atom is 0.472 e. The smallest absolute Gasteiger partial charge is 0.462 e. The van der Waals surface area contributed by atoms with Crippen LogP contribution in [0.4, 0.5) is 0 Å². The van der Waals surface area contributed by atoms with Crippen LogP contribution in [0.2, 0.25) is 0 Å². The van der Waals surface area contributed by atoms with Crippen molar-refractivity contribution < 1.29 is 80.2 Å². The summed E-state index contributed by atoms with van der Waals surface area (Å²) >= 11 is 0. The third-order valence-electron chi connectivity index (χ3n) is 18.1. The third kappa shape index (κ3) is 69.0. The summed E-state index contributed by atoms with van der Waals surface area (Å²) in [6.45, 7) is 7.32. The number of esters is 4. The average molecular weight is 1400 g/mol. The summed E-state index contributed by atoms with van der Waals surface area (Å²) in [5, 5.41) is 10.6. The molecule has 0 bridgehead atoms. The molecular weight excluding hydrogens is 1250 g/mol. The van der Waals surface area contributed by atoms with Crippen molar-refractivity contribution in [2.24, 2.45) is 5.92 Å². The molecule has 0 aliphatic carbocycles. The minimum atomic E-state index is -4.96. The van der Waals surface area contributed by atoms with Crippen molar-refractivity contribution in [2.75, 3.05) is 39.6 Å². The number of carbonyl (C=O) groups excluding carboxylic acids is 4. The van der Waals surface area contributed by atoms with Gasteiger partial charge >= 0.3 is 39.5 Å². The molecule has 0 saturated carbocycles. The molecule has 6 atom stereocenters. The molecule has 0 aromatic heterocycles. The molecule has 17 nitrogen and oxygen atoms in total. The second-order valence-corrected chi connectivity index (χ2v) is 30.5. The Balaban J connectivity index is 5.20. The molecule has 0 spiro atoms. The van der Waals surface area contributed by atoms with Crippen molar-refractivity contribution in [1.29, 1.82) is 0 Å². The van der Waals surface area contributed by atoms with Gasteiger partial charge < -0.3 is 33.8 Å². The van der Waals surface area contributed by atoms with Crippen LogP contribution in [0.3, 0.4) is 0 Å². The summed E-state index contributed by atoms with van der Waals surface area (Å²) in [6.07, 6.45) is 58.2. The van der Waals surface area contributed by atoms with Gasteiger partial charge in [0.15, 0.2) is 12.2 Å². The molecule has 0 radical (unpaired) electrons. The van der Waals surface area contributed by atoms with Gasteiger partial charge in [-0.2, -0.15) is 0 Å². The molecule has 3 unspecified atom stereocenters. The normalized spacial score (nSPS) is 14.2. The van der Waals surface area contributed by atoms with Crippen LogP contribution >= 0.6 is 15.6 Å². The lowest BCUT2D eigenvalue weighted by molar-refractivity contribution is -0.161. The first-order valence-corrected chi connectivity index (χ1v) is 42.7. The topological polar surface area (TPSA) is 237 Å². The molecular formula is C76H148O17P2. The van der Waals surface area contributed by atoms with Gasteiger partial charge in [-0.25, -0.2) is 9.13 Å². The molecule has 0 aliphatic heterocycles. The maximum atomic E-state index is 13.1. The lowest BCUT2D eigenvalue weighted by atomic mass is 9.99. The predicted octanol–water partition coefficient (Wildman–Crippen LogP) is 22.5. The number of aliphatic hydroxyl groups excluding tert-OH is 1. The highest BCUT2D eigenvalue weighted by molar-refractivity contribution is 7.47. The van der Waals surface area contributed by atoms with E-state index in [0.29, 0.717) is 25.7 Å². The van der Waals surface area contributed by atoms with E-state index in [2.05, 4.69) is 34.6 Å². The zero-order valence-electron chi connectivity index (χ0n) is 61.8. The summed E-state index contributed by atoms with van der Waals surface area (Å²) in [5.41, 5.74) is 0. The number of phosphoric acid groups is 2. The molecule has 0 amide bonds. The highest BCUT2D eigenvalue weighted by atomic mass is 31.2. The molecule has 0 heterocycles. The Morgan fingerprint density at radius 3 is 0.747 bits per heavy atom. The van der Waals surface area contributed by atoms with Gasteiger partial charge in [0.05, 0.1) is 26.4 Å². The zero-order valence-corrected chi connectivity index (χ0v) is 63.6. The average Bonchev–Trinajstić information content (AvgIpc) is 1.57.